The van der Waals surface area contributed by atoms with Crippen LogP contribution in [0.2, 0.25) is 5.02 Å². The lowest BCUT2D eigenvalue weighted by molar-refractivity contribution is -0.143. The summed E-state index contributed by atoms with van der Waals surface area (Å²) in [4.78, 5) is 11.4. The lowest BCUT2D eigenvalue weighted by Crippen LogP contribution is -2.11. The predicted molar refractivity (Wildman–Crippen MR) is 100.0 cm³/mol. The number of hydrogen-bond donors (Lipinski definition) is 0. The van der Waals surface area contributed by atoms with E-state index in [4.69, 9.17) is 11.6 Å². The Morgan fingerprint density at radius 1 is 0.781 bits per heavy atom. The van der Waals surface area contributed by atoms with Crippen molar-refractivity contribution in [1.82, 2.24) is 0 Å². The van der Waals surface area contributed by atoms with Crippen molar-refractivity contribution in [3.8, 4) is 0 Å². The van der Waals surface area contributed by atoms with Crippen LogP contribution >= 0.6 is 11.6 Å². The molecule has 0 heterocycles. The average Bonchev–Trinajstić information content (AvgIpc) is 2.66. The molecule has 0 fully saturated rings. The van der Waals surface area contributed by atoms with Crippen LogP contribution in [0, 0.1) is 0 Å². The van der Waals surface area contributed by atoms with Crippen molar-refractivity contribution in [3.05, 3.63) is 75.3 Å². The van der Waals surface area contributed by atoms with E-state index in [9.17, 15) is 44.3 Å². The molecular formula is C21H14ClF9O. The maximum absolute atomic E-state index is 12.9. The van der Waals surface area contributed by atoms with Gasteiger partial charge in [0.2, 0.25) is 0 Å². The molecule has 1 unspecified atom stereocenters. The minimum atomic E-state index is -4.99. The molecule has 0 bridgehead atoms. The van der Waals surface area contributed by atoms with Crippen LogP contribution < -0.4 is 0 Å². The molecule has 0 spiro atoms. The molecular weight excluding hydrogens is 475 g/mol. The molecule has 2 aromatic rings. The number of halogens is 10. The number of benzene rings is 2. The third kappa shape index (κ3) is 6.75. The molecule has 174 valence electrons. The van der Waals surface area contributed by atoms with E-state index < -0.39 is 41.1 Å². The highest BCUT2D eigenvalue weighted by Crippen LogP contribution is 2.37. The molecule has 0 saturated carbocycles. The highest BCUT2D eigenvalue weighted by atomic mass is 35.5. The molecule has 0 saturated heterocycles. The molecule has 0 aliphatic carbocycles. The van der Waals surface area contributed by atoms with E-state index in [0.29, 0.717) is 18.4 Å². The SMILES string of the molecule is O=CC(CCC=Cc1cc(C(F)(F)F)cc(C(F)(F)F)c1)c1cc(C(F)(F)F)ccc1Cl. The molecule has 1 atom stereocenters. The number of hydrogen-bond acceptors (Lipinski definition) is 1. The fourth-order valence-corrected chi connectivity index (χ4v) is 3.13. The molecule has 0 aromatic heterocycles. The van der Waals surface area contributed by atoms with E-state index in [2.05, 4.69) is 0 Å². The second kappa shape index (κ2) is 9.56. The average molecular weight is 489 g/mol. The first-order valence-electron chi connectivity index (χ1n) is 8.91. The summed E-state index contributed by atoms with van der Waals surface area (Å²) in [6.45, 7) is 0. The van der Waals surface area contributed by atoms with Gasteiger partial charge in [0.05, 0.1) is 16.7 Å². The molecule has 2 rings (SSSR count). The number of allylic oxidation sites excluding steroid dienone is 1. The Morgan fingerprint density at radius 2 is 1.31 bits per heavy atom. The third-order valence-electron chi connectivity index (χ3n) is 4.45. The zero-order valence-electron chi connectivity index (χ0n) is 15.9. The lowest BCUT2D eigenvalue weighted by Gasteiger charge is -2.15. The molecule has 11 heteroatoms. The molecule has 32 heavy (non-hydrogen) atoms. The number of carbonyl (C=O) groups is 1. The summed E-state index contributed by atoms with van der Waals surface area (Å²) in [5.41, 5.74) is -4.42. The van der Waals surface area contributed by atoms with Gasteiger partial charge in [-0.05, 0) is 60.4 Å². The van der Waals surface area contributed by atoms with Crippen LogP contribution in [0.1, 0.15) is 46.6 Å². The van der Waals surface area contributed by atoms with Crippen LogP contribution in [-0.4, -0.2) is 6.29 Å². The van der Waals surface area contributed by atoms with Crippen LogP contribution in [0.5, 0.6) is 0 Å². The van der Waals surface area contributed by atoms with E-state index in [-0.39, 0.29) is 35.1 Å². The Labute approximate surface area is 181 Å². The fourth-order valence-electron chi connectivity index (χ4n) is 2.87. The lowest BCUT2D eigenvalue weighted by atomic mass is 9.93. The van der Waals surface area contributed by atoms with Gasteiger partial charge in [0.15, 0.2) is 0 Å². The van der Waals surface area contributed by atoms with Crippen molar-refractivity contribution in [2.75, 3.05) is 0 Å². The maximum atomic E-state index is 12.9. The van der Waals surface area contributed by atoms with E-state index in [1.54, 1.807) is 0 Å². The van der Waals surface area contributed by atoms with Crippen LogP contribution in [0.25, 0.3) is 6.08 Å². The third-order valence-corrected chi connectivity index (χ3v) is 4.80. The van der Waals surface area contributed by atoms with Crippen LogP contribution in [0.3, 0.4) is 0 Å². The van der Waals surface area contributed by atoms with Crippen molar-refractivity contribution in [2.24, 2.45) is 0 Å². The Hall–Kier alpha value is -2.49. The topological polar surface area (TPSA) is 17.1 Å². The first kappa shape index (κ1) is 25.8. The zero-order chi connectivity index (χ0) is 24.3. The summed E-state index contributed by atoms with van der Waals surface area (Å²) >= 11 is 5.89. The molecule has 0 radical (unpaired) electrons. The first-order valence-corrected chi connectivity index (χ1v) is 9.28. The quantitative estimate of drug-likeness (QED) is 0.296. The molecule has 0 aliphatic rings. The minimum Gasteiger partial charge on any atom is -0.303 e. The van der Waals surface area contributed by atoms with Gasteiger partial charge < -0.3 is 4.79 Å². The van der Waals surface area contributed by atoms with Crippen molar-refractivity contribution < 1.29 is 44.3 Å². The second-order valence-electron chi connectivity index (χ2n) is 6.80. The summed E-state index contributed by atoms with van der Waals surface area (Å²) in [6.07, 6.45) is -12.1. The van der Waals surface area contributed by atoms with Crippen molar-refractivity contribution in [2.45, 2.75) is 37.3 Å². The predicted octanol–water partition coefficient (Wildman–Crippen LogP) is 8.17. The summed E-state index contributed by atoms with van der Waals surface area (Å²) < 4.78 is 116. The van der Waals surface area contributed by atoms with Gasteiger partial charge in [-0.25, -0.2) is 0 Å². The van der Waals surface area contributed by atoms with E-state index in [1.807, 2.05) is 0 Å². The maximum Gasteiger partial charge on any atom is 0.416 e. The second-order valence-corrected chi connectivity index (χ2v) is 7.20. The monoisotopic (exact) mass is 488 g/mol. The molecule has 0 aliphatic heterocycles. The van der Waals surface area contributed by atoms with Crippen LogP contribution in [0.4, 0.5) is 39.5 Å². The van der Waals surface area contributed by atoms with Crippen LogP contribution in [-0.2, 0) is 23.3 Å². The van der Waals surface area contributed by atoms with Gasteiger partial charge in [-0.1, -0.05) is 23.8 Å². The van der Waals surface area contributed by atoms with E-state index >= 15 is 0 Å². The van der Waals surface area contributed by atoms with Gasteiger partial charge in [-0.15, -0.1) is 0 Å². The summed E-state index contributed by atoms with van der Waals surface area (Å²) in [5, 5.41) is -0.0771. The standard InChI is InChI=1S/C21H14ClF9O/c22-18-6-5-14(19(23,24)25)10-17(18)13(11-32)4-2-1-3-12-7-15(20(26,27)28)9-16(8-12)21(29,30)31/h1,3,5-11,13H,2,4H2. The van der Waals surface area contributed by atoms with Crippen molar-refractivity contribution in [1.29, 1.82) is 0 Å². The summed E-state index contributed by atoms with van der Waals surface area (Å²) in [6, 6.07) is 3.54. The summed E-state index contributed by atoms with van der Waals surface area (Å²) in [5.74, 6) is -1.05. The summed E-state index contributed by atoms with van der Waals surface area (Å²) in [7, 11) is 0. The normalized spacial score (nSPS) is 14.1. The fraction of sp³-hybridized carbons (Fsp3) is 0.286. The molecule has 0 amide bonds. The Balaban J connectivity index is 2.22. The first-order chi connectivity index (χ1) is 14.6. The smallest absolute Gasteiger partial charge is 0.303 e. The Morgan fingerprint density at radius 3 is 1.78 bits per heavy atom. The Kier molecular flexibility index (Phi) is 7.70. The Bertz CT molecular complexity index is 956. The van der Waals surface area contributed by atoms with Gasteiger partial charge in [0.25, 0.3) is 0 Å². The van der Waals surface area contributed by atoms with Gasteiger partial charge in [0.1, 0.15) is 6.29 Å². The zero-order valence-corrected chi connectivity index (χ0v) is 16.6. The highest BCUT2D eigenvalue weighted by Gasteiger charge is 2.36. The molecule has 2 aromatic carbocycles. The largest absolute Gasteiger partial charge is 0.416 e. The van der Waals surface area contributed by atoms with Gasteiger partial charge in [-0.3, -0.25) is 0 Å². The van der Waals surface area contributed by atoms with E-state index in [1.165, 1.54) is 6.08 Å². The van der Waals surface area contributed by atoms with E-state index in [0.717, 1.165) is 24.3 Å². The highest BCUT2D eigenvalue weighted by molar-refractivity contribution is 6.31. The minimum absolute atomic E-state index is 0.00457. The van der Waals surface area contributed by atoms with Gasteiger partial charge in [0, 0.05) is 10.9 Å². The van der Waals surface area contributed by atoms with Crippen LogP contribution in [0.15, 0.2) is 42.5 Å². The molecule has 0 N–H and O–H groups in total. The molecule has 1 nitrogen and oxygen atoms in total. The number of aldehydes is 1. The van der Waals surface area contributed by atoms with Gasteiger partial charge in [-0.2, -0.15) is 39.5 Å². The number of carbonyl (C=O) groups excluding carboxylic acids is 1. The van der Waals surface area contributed by atoms with Crippen molar-refractivity contribution >= 4 is 24.0 Å². The number of alkyl halides is 9. The van der Waals surface area contributed by atoms with Crippen molar-refractivity contribution in [3.63, 3.8) is 0 Å². The van der Waals surface area contributed by atoms with Gasteiger partial charge >= 0.3 is 18.5 Å². The number of rotatable bonds is 6.